The molecule has 0 fully saturated rings. The molecule has 0 aliphatic heterocycles. The number of nitrogens with two attached hydrogens (primary N) is 1. The number of rotatable bonds is 41. The Kier molecular flexibility index (Phi) is 49.5. The normalized spacial score (nSPS) is 10.9. The molecule has 5 N–H and O–H groups in total. The first kappa shape index (κ1) is 57.2. The molecular weight excluding hydrogens is 797 g/mol. The monoisotopic (exact) mass is 874 g/mol. The van der Waals surface area contributed by atoms with Gasteiger partial charge >= 0.3 is 23.9 Å². The van der Waals surface area contributed by atoms with E-state index in [2.05, 4.69) is 29.4 Å². The van der Waals surface area contributed by atoms with Gasteiger partial charge in [-0.3, -0.25) is 19.2 Å². The molecule has 0 radical (unpaired) electrons. The lowest BCUT2D eigenvalue weighted by atomic mass is 10.2. The zero-order valence-corrected chi connectivity index (χ0v) is 38.3. The smallest absolute Gasteiger partial charge is 0.307 e. The average Bonchev–Trinajstić information content (AvgIpc) is 3.20. The zero-order chi connectivity index (χ0) is 41.6. The van der Waals surface area contributed by atoms with Crippen molar-refractivity contribution < 1.29 is 43.2 Å². The Bertz CT molecular complexity index is 902. The molecule has 17 heteroatoms. The molecule has 0 unspecified atom stereocenters. The Morgan fingerprint density at radius 3 is 1.41 bits per heavy atom. The third-order valence-corrected chi connectivity index (χ3v) is 12.8. The molecule has 13 nitrogen and oxygen atoms in total. The molecule has 0 saturated heterocycles. The van der Waals surface area contributed by atoms with Crippen LogP contribution in [0.3, 0.4) is 0 Å². The zero-order valence-electron chi connectivity index (χ0n) is 35.0. The van der Waals surface area contributed by atoms with Gasteiger partial charge in [-0.2, -0.15) is 0 Å². The highest BCUT2D eigenvalue weighted by atomic mass is 33.1. The van der Waals surface area contributed by atoms with Crippen molar-refractivity contribution in [2.24, 2.45) is 5.73 Å². The summed E-state index contributed by atoms with van der Waals surface area (Å²) in [7, 11) is 7.34. The number of esters is 4. The minimum absolute atomic E-state index is 0.142. The van der Waals surface area contributed by atoms with Crippen molar-refractivity contribution in [2.75, 3.05) is 108 Å². The number of unbranched alkanes of at least 4 members (excludes halogenated alkanes) is 7. The third kappa shape index (κ3) is 47.5. The van der Waals surface area contributed by atoms with E-state index in [0.717, 1.165) is 108 Å². The van der Waals surface area contributed by atoms with Crippen molar-refractivity contribution >= 4 is 67.1 Å². The van der Waals surface area contributed by atoms with Crippen molar-refractivity contribution in [3.05, 3.63) is 0 Å². The molecule has 0 heterocycles. The van der Waals surface area contributed by atoms with Gasteiger partial charge in [0.05, 0.1) is 45.7 Å². The summed E-state index contributed by atoms with van der Waals surface area (Å²) in [6.45, 7) is 14.5. The SMILES string of the molecule is CCC(=O)OCCCCCCOC(=O)CCNCCSSCCN.CCCSSCCNCCC(=O)OCCCCCCOC(=O)CCN(CC)CCCCO. The Labute approximate surface area is 355 Å². The fraction of sp³-hybridized carbons (Fsp3) is 0.897. The van der Waals surface area contributed by atoms with E-state index in [4.69, 9.17) is 29.8 Å². The van der Waals surface area contributed by atoms with E-state index in [9.17, 15) is 19.2 Å². The number of hydrogen-bond acceptors (Lipinski definition) is 17. The maximum Gasteiger partial charge on any atom is 0.307 e. The first-order chi connectivity index (χ1) is 27.3. The van der Waals surface area contributed by atoms with Gasteiger partial charge in [-0.05, 0) is 83.7 Å². The molecule has 0 aromatic carbocycles. The number of carbonyl (C=O) groups excluding carboxylic acids is 4. The van der Waals surface area contributed by atoms with E-state index < -0.39 is 0 Å². The first-order valence-corrected chi connectivity index (χ1v) is 25.9. The van der Waals surface area contributed by atoms with Crippen LogP contribution in [0, 0.1) is 0 Å². The minimum Gasteiger partial charge on any atom is -0.466 e. The molecule has 0 bridgehead atoms. The number of aliphatic hydroxyl groups is 1. The summed E-state index contributed by atoms with van der Waals surface area (Å²) >= 11 is 0. The molecule has 0 amide bonds. The highest BCUT2D eigenvalue weighted by molar-refractivity contribution is 8.77. The predicted octanol–water partition coefficient (Wildman–Crippen LogP) is 6.25. The van der Waals surface area contributed by atoms with Gasteiger partial charge in [0.25, 0.3) is 0 Å². The molecule has 332 valence electrons. The molecular formula is C39H78N4O9S4. The van der Waals surface area contributed by atoms with E-state index >= 15 is 0 Å². The maximum absolute atomic E-state index is 11.8. The van der Waals surface area contributed by atoms with Crippen LogP contribution in [0.15, 0.2) is 0 Å². The third-order valence-electron chi connectivity index (χ3n) is 7.77. The Hall–Kier alpha value is -0.920. The summed E-state index contributed by atoms with van der Waals surface area (Å²) in [6, 6.07) is 0. The van der Waals surface area contributed by atoms with Crippen LogP contribution in [-0.4, -0.2) is 142 Å². The van der Waals surface area contributed by atoms with E-state index in [1.54, 1.807) is 28.5 Å². The summed E-state index contributed by atoms with van der Waals surface area (Å²) in [5.41, 5.74) is 5.40. The van der Waals surface area contributed by atoms with Crippen LogP contribution < -0.4 is 16.4 Å². The second-order valence-electron chi connectivity index (χ2n) is 12.8. The summed E-state index contributed by atoms with van der Waals surface area (Å²) in [4.78, 5) is 48.2. The van der Waals surface area contributed by atoms with Crippen LogP contribution in [0.1, 0.15) is 117 Å². The summed E-state index contributed by atoms with van der Waals surface area (Å²) < 4.78 is 20.7. The van der Waals surface area contributed by atoms with Crippen LogP contribution in [-0.2, 0) is 38.1 Å². The van der Waals surface area contributed by atoms with Gasteiger partial charge in [-0.1, -0.05) is 63.9 Å². The summed E-state index contributed by atoms with van der Waals surface area (Å²) in [5, 5.41) is 15.3. The Morgan fingerprint density at radius 2 is 0.982 bits per heavy atom. The standard InChI is InChI=1S/C23H46N2O5S2.C16H32N2O4S2/c1-3-20-31-32-21-14-24-13-11-22(27)29-18-9-5-6-10-19-30-23(28)12-16-25(4-2)15-7-8-17-26;1-2-15(19)21-11-5-3-4-6-12-22-16(20)7-9-18-10-14-24-23-13-8-17/h24,26H,3-21H2,1-2H3;18H,2-14,17H2,1H3. The van der Waals surface area contributed by atoms with Crippen molar-refractivity contribution in [1.29, 1.82) is 0 Å². The molecule has 56 heavy (non-hydrogen) atoms. The highest BCUT2D eigenvalue weighted by Gasteiger charge is 2.08. The van der Waals surface area contributed by atoms with Crippen LogP contribution in [0.25, 0.3) is 0 Å². The topological polar surface area (TPSA) is 179 Å². The molecule has 0 rings (SSSR count). The average molecular weight is 875 g/mol. The molecule has 0 aliphatic rings. The molecule has 0 spiro atoms. The van der Waals surface area contributed by atoms with Gasteiger partial charge < -0.3 is 45.3 Å². The van der Waals surface area contributed by atoms with Crippen molar-refractivity contribution in [1.82, 2.24) is 15.5 Å². The number of carbonyl (C=O) groups is 4. The minimum atomic E-state index is -0.149. The molecule has 0 saturated carbocycles. The number of ether oxygens (including phenoxy) is 4. The lowest BCUT2D eigenvalue weighted by Crippen LogP contribution is -2.28. The number of nitrogens with one attached hydrogen (secondary N) is 2. The summed E-state index contributed by atoms with van der Waals surface area (Å²) in [6.07, 6.45) is 11.9. The molecule has 0 aromatic heterocycles. The summed E-state index contributed by atoms with van der Waals surface area (Å²) in [5.74, 6) is 3.64. The number of nitrogens with zero attached hydrogens (tertiary/aromatic N) is 1. The number of aliphatic hydroxyl groups excluding tert-OH is 1. The Morgan fingerprint density at radius 1 is 0.536 bits per heavy atom. The van der Waals surface area contributed by atoms with E-state index in [0.29, 0.717) is 78.3 Å². The Balaban J connectivity index is 0. The molecule has 0 atom stereocenters. The van der Waals surface area contributed by atoms with Gasteiger partial charge in [-0.15, -0.1) is 0 Å². The van der Waals surface area contributed by atoms with Gasteiger partial charge in [0.15, 0.2) is 0 Å². The lowest BCUT2D eigenvalue weighted by Gasteiger charge is -2.19. The fourth-order valence-corrected chi connectivity index (χ4v) is 8.42. The van der Waals surface area contributed by atoms with E-state index in [1.165, 1.54) is 12.2 Å². The quantitative estimate of drug-likeness (QED) is 0.0234. The second-order valence-corrected chi connectivity index (χ2v) is 18.2. The van der Waals surface area contributed by atoms with Crippen molar-refractivity contribution in [2.45, 2.75) is 117 Å². The maximum atomic E-state index is 11.8. The van der Waals surface area contributed by atoms with Crippen LogP contribution >= 0.6 is 43.2 Å². The lowest BCUT2D eigenvalue weighted by molar-refractivity contribution is -0.145. The fourth-order valence-electron chi connectivity index (χ4n) is 4.53. The van der Waals surface area contributed by atoms with Gasteiger partial charge in [0.1, 0.15) is 0 Å². The predicted molar refractivity (Wildman–Crippen MR) is 238 cm³/mol. The highest BCUT2D eigenvalue weighted by Crippen LogP contribution is 2.20. The second kappa shape index (κ2) is 48.4. The van der Waals surface area contributed by atoms with Crippen LogP contribution in [0.5, 0.6) is 0 Å². The van der Waals surface area contributed by atoms with Gasteiger partial charge in [0, 0.05) is 75.3 Å². The van der Waals surface area contributed by atoms with Gasteiger partial charge in [-0.25, -0.2) is 0 Å². The number of hydrogen-bond donors (Lipinski definition) is 4. The van der Waals surface area contributed by atoms with Crippen molar-refractivity contribution in [3.63, 3.8) is 0 Å². The first-order valence-electron chi connectivity index (χ1n) is 20.9. The van der Waals surface area contributed by atoms with E-state index in [-0.39, 0.29) is 30.5 Å². The van der Waals surface area contributed by atoms with E-state index in [1.807, 2.05) is 21.6 Å². The van der Waals surface area contributed by atoms with Crippen LogP contribution in [0.2, 0.25) is 0 Å². The van der Waals surface area contributed by atoms with Crippen LogP contribution in [0.4, 0.5) is 0 Å². The van der Waals surface area contributed by atoms with Gasteiger partial charge in [0.2, 0.25) is 0 Å². The largest absolute Gasteiger partial charge is 0.466 e. The molecule has 0 aliphatic carbocycles. The van der Waals surface area contributed by atoms with Crippen molar-refractivity contribution in [3.8, 4) is 0 Å². The molecule has 0 aromatic rings.